The van der Waals surface area contributed by atoms with Gasteiger partial charge < -0.3 is 24.8 Å². The van der Waals surface area contributed by atoms with E-state index in [-0.39, 0.29) is 23.8 Å². The van der Waals surface area contributed by atoms with Crippen LogP contribution in [-0.4, -0.2) is 63.9 Å². The fourth-order valence-electron chi connectivity index (χ4n) is 5.36. The average Bonchev–Trinajstić information content (AvgIpc) is 3.36. The van der Waals surface area contributed by atoms with Crippen molar-refractivity contribution in [1.82, 2.24) is 19.7 Å². The van der Waals surface area contributed by atoms with Crippen LogP contribution in [0.5, 0.6) is 11.5 Å². The Morgan fingerprint density at radius 1 is 1.05 bits per heavy atom. The molecule has 2 aliphatic rings. The molecule has 2 N–H and O–H groups in total. The quantitative estimate of drug-likeness (QED) is 0.332. The third kappa shape index (κ3) is 4.85. The van der Waals surface area contributed by atoms with Gasteiger partial charge in [-0.15, -0.1) is 0 Å². The zero-order valence-corrected chi connectivity index (χ0v) is 24.6. The van der Waals surface area contributed by atoms with Crippen LogP contribution < -0.4 is 15.2 Å². The molecule has 10 nitrogen and oxygen atoms in total. The van der Waals surface area contributed by atoms with Crippen molar-refractivity contribution < 1.29 is 23.8 Å². The lowest BCUT2D eigenvalue weighted by Gasteiger charge is -2.41. The number of nitrogens with zero attached hydrogens (tertiary/aromatic N) is 4. The molecule has 0 radical (unpaired) electrons. The highest BCUT2D eigenvalue weighted by molar-refractivity contribution is 6.34. The first kappa shape index (κ1) is 28.0. The predicted octanol–water partition coefficient (Wildman–Crippen LogP) is 5.16. The van der Waals surface area contributed by atoms with E-state index >= 15 is 0 Å². The van der Waals surface area contributed by atoms with Gasteiger partial charge in [-0.05, 0) is 50.2 Å². The van der Waals surface area contributed by atoms with Crippen molar-refractivity contribution in [3.63, 3.8) is 0 Å². The van der Waals surface area contributed by atoms with Gasteiger partial charge in [-0.2, -0.15) is 5.10 Å². The van der Waals surface area contributed by atoms with Crippen molar-refractivity contribution in [3.05, 3.63) is 75.7 Å². The molecular weight excluding hydrogens is 581 g/mol. The zero-order chi connectivity index (χ0) is 29.8. The Kier molecular flexibility index (Phi) is 7.08. The van der Waals surface area contributed by atoms with Crippen LogP contribution in [0.1, 0.15) is 40.3 Å². The Morgan fingerprint density at radius 2 is 1.81 bits per heavy atom. The summed E-state index contributed by atoms with van der Waals surface area (Å²) in [6.45, 7) is 5.31. The number of rotatable bonds is 5. The normalized spacial score (nSPS) is 15.4. The van der Waals surface area contributed by atoms with E-state index in [0.29, 0.717) is 63.8 Å². The number of pyridine rings is 1. The molecule has 2 amide bonds. The van der Waals surface area contributed by atoms with Crippen molar-refractivity contribution in [3.8, 4) is 39.6 Å². The van der Waals surface area contributed by atoms with Crippen LogP contribution in [0.2, 0.25) is 10.0 Å². The monoisotopic (exact) mass is 607 g/mol. The molecule has 0 spiro atoms. The Labute approximate surface area is 251 Å². The highest BCUT2D eigenvalue weighted by Crippen LogP contribution is 2.46. The summed E-state index contributed by atoms with van der Waals surface area (Å²) in [4.78, 5) is 31.9. The molecule has 0 saturated carbocycles. The van der Waals surface area contributed by atoms with E-state index in [1.165, 1.54) is 6.20 Å². The van der Waals surface area contributed by atoms with Crippen LogP contribution >= 0.6 is 23.2 Å². The molecule has 0 unspecified atom stereocenters. The lowest BCUT2D eigenvalue weighted by atomic mass is 9.94. The first-order valence-corrected chi connectivity index (χ1v) is 13.9. The summed E-state index contributed by atoms with van der Waals surface area (Å²) < 4.78 is 19.2. The van der Waals surface area contributed by atoms with Crippen LogP contribution in [0.25, 0.3) is 28.1 Å². The molecule has 2 aromatic carbocycles. The van der Waals surface area contributed by atoms with Crippen molar-refractivity contribution >= 4 is 35.0 Å². The molecule has 1 fully saturated rings. The smallest absolute Gasteiger partial charge is 0.278 e. The standard InChI is InChI=1S/C30H27Cl2N5O5/c1-30(2)15-41-5-4-36(30)29(39)25-27-26(37(35-25)21-9-19(31)8-20(32)10-21)23-11-22(24(40-3)7-18(23)14-42-27)16-6-17(28(33)38)13-34-12-16/h6-13H,4-5,14-15H2,1-3H3,(H2,33,38). The third-order valence-corrected chi connectivity index (χ3v) is 7.85. The Morgan fingerprint density at radius 3 is 2.50 bits per heavy atom. The zero-order valence-electron chi connectivity index (χ0n) is 23.1. The summed E-state index contributed by atoms with van der Waals surface area (Å²) in [7, 11) is 1.56. The van der Waals surface area contributed by atoms with Crippen LogP contribution in [0.3, 0.4) is 0 Å². The number of benzene rings is 2. The molecule has 216 valence electrons. The van der Waals surface area contributed by atoms with Crippen LogP contribution in [0, 0.1) is 0 Å². The van der Waals surface area contributed by atoms with E-state index < -0.39 is 11.4 Å². The maximum Gasteiger partial charge on any atom is 0.278 e. The average molecular weight is 608 g/mol. The predicted molar refractivity (Wildman–Crippen MR) is 158 cm³/mol. The second kappa shape index (κ2) is 10.6. The molecular formula is C30H27Cl2N5O5. The summed E-state index contributed by atoms with van der Waals surface area (Å²) in [5.41, 5.74) is 9.35. The summed E-state index contributed by atoms with van der Waals surface area (Å²) in [5.74, 6) is 0.0162. The molecule has 4 heterocycles. The minimum atomic E-state index is -0.595. The molecule has 2 aromatic heterocycles. The van der Waals surface area contributed by atoms with Crippen molar-refractivity contribution in [2.45, 2.75) is 26.0 Å². The van der Waals surface area contributed by atoms with E-state index in [1.807, 2.05) is 26.0 Å². The number of morpholine rings is 1. The number of primary amides is 1. The number of carbonyl (C=O) groups is 2. The van der Waals surface area contributed by atoms with E-state index in [2.05, 4.69) is 4.98 Å². The number of aromatic nitrogens is 3. The van der Waals surface area contributed by atoms with E-state index in [9.17, 15) is 9.59 Å². The summed E-state index contributed by atoms with van der Waals surface area (Å²) in [6, 6.07) is 10.5. The Hall–Kier alpha value is -4.12. The van der Waals surface area contributed by atoms with Crippen molar-refractivity contribution in [2.24, 2.45) is 5.73 Å². The van der Waals surface area contributed by atoms with Gasteiger partial charge in [-0.1, -0.05) is 23.2 Å². The maximum absolute atomic E-state index is 14.1. The maximum atomic E-state index is 14.1. The number of nitrogens with two attached hydrogens (primary N) is 1. The Bertz CT molecular complexity index is 1730. The van der Waals surface area contributed by atoms with Gasteiger partial charge in [0.15, 0.2) is 11.4 Å². The van der Waals surface area contributed by atoms with Gasteiger partial charge in [-0.25, -0.2) is 4.68 Å². The highest BCUT2D eigenvalue weighted by Gasteiger charge is 2.40. The number of fused-ring (bicyclic) bond motifs is 3. The molecule has 6 rings (SSSR count). The molecule has 4 aromatic rings. The van der Waals surface area contributed by atoms with Crippen LogP contribution in [-0.2, 0) is 11.3 Å². The second-order valence-electron chi connectivity index (χ2n) is 10.7. The summed E-state index contributed by atoms with van der Waals surface area (Å²) in [6.07, 6.45) is 3.03. The highest BCUT2D eigenvalue weighted by atomic mass is 35.5. The molecule has 0 atom stereocenters. The fourth-order valence-corrected chi connectivity index (χ4v) is 5.87. The van der Waals surface area contributed by atoms with Gasteiger partial charge in [0.2, 0.25) is 5.91 Å². The number of hydrogen-bond donors (Lipinski definition) is 1. The molecule has 1 saturated heterocycles. The lowest BCUT2D eigenvalue weighted by molar-refractivity contribution is -0.0374. The SMILES string of the molecule is COc1cc2c(cc1-c1cncc(C(N)=O)c1)-c1c(c(C(=O)N3CCOCC3(C)C)nn1-c1cc(Cl)cc(Cl)c1)OC2. The minimum absolute atomic E-state index is 0.163. The van der Waals surface area contributed by atoms with E-state index in [0.717, 1.165) is 11.1 Å². The largest absolute Gasteiger partial charge is 0.496 e. The molecule has 0 aliphatic carbocycles. The number of carbonyl (C=O) groups excluding carboxylic acids is 2. The number of hydrogen-bond acceptors (Lipinski definition) is 7. The van der Waals surface area contributed by atoms with Gasteiger partial charge in [0.25, 0.3) is 5.91 Å². The van der Waals surface area contributed by atoms with Gasteiger partial charge in [0, 0.05) is 51.2 Å². The number of amides is 2. The van der Waals surface area contributed by atoms with Crippen molar-refractivity contribution in [1.29, 1.82) is 0 Å². The molecule has 12 heteroatoms. The summed E-state index contributed by atoms with van der Waals surface area (Å²) >= 11 is 12.8. The first-order valence-electron chi connectivity index (χ1n) is 13.2. The van der Waals surface area contributed by atoms with Gasteiger partial charge in [0.1, 0.15) is 18.1 Å². The van der Waals surface area contributed by atoms with Gasteiger partial charge in [0.05, 0.1) is 37.1 Å². The minimum Gasteiger partial charge on any atom is -0.496 e. The summed E-state index contributed by atoms with van der Waals surface area (Å²) in [5, 5.41) is 5.62. The number of methoxy groups -OCH3 is 1. The van der Waals surface area contributed by atoms with Gasteiger partial charge >= 0.3 is 0 Å². The topological polar surface area (TPSA) is 122 Å². The van der Waals surface area contributed by atoms with Crippen molar-refractivity contribution in [2.75, 3.05) is 26.9 Å². The van der Waals surface area contributed by atoms with E-state index in [1.54, 1.807) is 47.2 Å². The second-order valence-corrected chi connectivity index (χ2v) is 11.6. The van der Waals surface area contributed by atoms with Gasteiger partial charge in [-0.3, -0.25) is 14.6 Å². The number of halogens is 2. The third-order valence-electron chi connectivity index (χ3n) is 7.41. The Balaban J connectivity index is 1.59. The van der Waals surface area contributed by atoms with Crippen LogP contribution in [0.15, 0.2) is 48.8 Å². The van der Waals surface area contributed by atoms with E-state index in [4.69, 9.17) is 48.2 Å². The fraction of sp³-hybridized carbons (Fsp3) is 0.267. The first-order chi connectivity index (χ1) is 20.1. The molecule has 42 heavy (non-hydrogen) atoms. The molecule has 2 aliphatic heterocycles. The number of ether oxygens (including phenoxy) is 3. The molecule has 0 bridgehead atoms. The van der Waals surface area contributed by atoms with Crippen LogP contribution in [0.4, 0.5) is 0 Å². The lowest BCUT2D eigenvalue weighted by Crippen LogP contribution is -2.55.